The molecule has 3 aromatic rings. The smallest absolute Gasteiger partial charge is 0.225 e. The van der Waals surface area contributed by atoms with Crippen LogP contribution in [0.4, 0.5) is 10.8 Å². The van der Waals surface area contributed by atoms with Crippen LogP contribution in [0.25, 0.3) is 0 Å². The third kappa shape index (κ3) is 4.34. The van der Waals surface area contributed by atoms with E-state index in [2.05, 4.69) is 9.88 Å². The molecule has 0 atom stereocenters. The Balaban J connectivity index is 1.40. The number of anilines is 2. The number of hydrogen-bond donors (Lipinski definition) is 0. The van der Waals surface area contributed by atoms with Crippen LogP contribution in [0.3, 0.4) is 0 Å². The molecule has 1 aliphatic rings. The first-order chi connectivity index (χ1) is 13.6. The van der Waals surface area contributed by atoms with Crippen molar-refractivity contribution >= 4 is 28.1 Å². The average molecular weight is 394 g/mol. The van der Waals surface area contributed by atoms with E-state index in [0.29, 0.717) is 12.6 Å². The number of carbonyl (C=O) groups is 1. The third-order valence-corrected chi connectivity index (χ3v) is 5.54. The summed E-state index contributed by atoms with van der Waals surface area (Å²) in [6.45, 7) is 2.30. The lowest BCUT2D eigenvalue weighted by molar-refractivity contribution is -0.116. The number of carbonyl (C=O) groups excluding carboxylic acids is 1. The summed E-state index contributed by atoms with van der Waals surface area (Å²) in [5.74, 6) is 1.70. The largest absolute Gasteiger partial charge is 0.457 e. The van der Waals surface area contributed by atoms with Crippen LogP contribution in [0.2, 0.25) is 0 Å². The van der Waals surface area contributed by atoms with Crippen molar-refractivity contribution in [3.63, 3.8) is 0 Å². The Morgan fingerprint density at radius 3 is 2.43 bits per heavy atom. The van der Waals surface area contributed by atoms with Crippen molar-refractivity contribution in [3.8, 4) is 11.5 Å². The van der Waals surface area contributed by atoms with E-state index >= 15 is 0 Å². The molecular formula is C22H23N3O2S. The molecule has 1 aliphatic carbocycles. The number of para-hydroxylation sites is 1. The summed E-state index contributed by atoms with van der Waals surface area (Å²) >= 11 is 1.54. The van der Waals surface area contributed by atoms with Gasteiger partial charge < -0.3 is 9.64 Å². The predicted octanol–water partition coefficient (Wildman–Crippen LogP) is 5.09. The maximum atomic E-state index is 11.9. The van der Waals surface area contributed by atoms with Gasteiger partial charge in [-0.2, -0.15) is 0 Å². The SMILES string of the molecule is CC(=O)N(c1nc(CN(C)c2ccc(Oc3ccccc3)cc2)cs1)C1CC1. The van der Waals surface area contributed by atoms with Gasteiger partial charge in [0.1, 0.15) is 11.5 Å². The molecule has 6 heteroatoms. The van der Waals surface area contributed by atoms with Crippen LogP contribution in [0.15, 0.2) is 60.0 Å². The molecule has 1 fully saturated rings. The first kappa shape index (κ1) is 18.5. The van der Waals surface area contributed by atoms with Crippen molar-refractivity contribution in [1.29, 1.82) is 0 Å². The lowest BCUT2D eigenvalue weighted by Crippen LogP contribution is -2.30. The van der Waals surface area contributed by atoms with Gasteiger partial charge in [-0.15, -0.1) is 11.3 Å². The van der Waals surface area contributed by atoms with Crippen LogP contribution in [0, 0.1) is 0 Å². The highest BCUT2D eigenvalue weighted by Crippen LogP contribution is 2.34. The van der Waals surface area contributed by atoms with Crippen LogP contribution in [-0.4, -0.2) is 24.0 Å². The summed E-state index contributed by atoms with van der Waals surface area (Å²) in [5.41, 5.74) is 2.06. The van der Waals surface area contributed by atoms with Crippen molar-refractivity contribution in [2.24, 2.45) is 0 Å². The highest BCUT2D eigenvalue weighted by atomic mass is 32.1. The molecule has 0 unspecified atom stereocenters. The van der Waals surface area contributed by atoms with E-state index in [1.165, 1.54) is 0 Å². The molecule has 0 N–H and O–H groups in total. The second kappa shape index (κ2) is 8.02. The zero-order valence-electron chi connectivity index (χ0n) is 16.0. The zero-order chi connectivity index (χ0) is 19.5. The minimum absolute atomic E-state index is 0.0748. The highest BCUT2D eigenvalue weighted by Gasteiger charge is 2.33. The summed E-state index contributed by atoms with van der Waals surface area (Å²) in [6, 6.07) is 18.1. The quantitative estimate of drug-likeness (QED) is 0.561. The fourth-order valence-corrected chi connectivity index (χ4v) is 4.02. The molecule has 1 aromatic heterocycles. The molecule has 4 rings (SSSR count). The lowest BCUT2D eigenvalue weighted by Gasteiger charge is -2.19. The van der Waals surface area contributed by atoms with Gasteiger partial charge in [0.2, 0.25) is 5.91 Å². The summed E-state index contributed by atoms with van der Waals surface area (Å²) < 4.78 is 5.85. The maximum Gasteiger partial charge on any atom is 0.225 e. The highest BCUT2D eigenvalue weighted by molar-refractivity contribution is 7.14. The van der Waals surface area contributed by atoms with Gasteiger partial charge in [-0.05, 0) is 49.2 Å². The Bertz CT molecular complexity index is 936. The van der Waals surface area contributed by atoms with Gasteiger partial charge in [-0.1, -0.05) is 18.2 Å². The van der Waals surface area contributed by atoms with Crippen LogP contribution in [0.1, 0.15) is 25.5 Å². The van der Waals surface area contributed by atoms with Gasteiger partial charge >= 0.3 is 0 Å². The van der Waals surface area contributed by atoms with E-state index < -0.39 is 0 Å². The zero-order valence-corrected chi connectivity index (χ0v) is 16.9. The Hall–Kier alpha value is -2.86. The molecule has 0 radical (unpaired) electrons. The Morgan fingerprint density at radius 1 is 1.11 bits per heavy atom. The molecular weight excluding hydrogens is 370 g/mol. The number of amides is 1. The fourth-order valence-electron chi connectivity index (χ4n) is 3.09. The summed E-state index contributed by atoms with van der Waals surface area (Å²) in [5, 5.41) is 2.85. The van der Waals surface area contributed by atoms with Crippen molar-refractivity contribution < 1.29 is 9.53 Å². The normalized spacial score (nSPS) is 13.2. The number of rotatable bonds is 7. The molecule has 0 aliphatic heterocycles. The standard InChI is InChI=1S/C22H23N3O2S/c1-16(26)25(19-8-9-19)22-23-17(15-28-22)14-24(2)18-10-12-21(13-11-18)27-20-6-4-3-5-7-20/h3-7,10-13,15,19H,8-9,14H2,1-2H3. The number of benzene rings is 2. The van der Waals surface area contributed by atoms with Crippen LogP contribution in [0.5, 0.6) is 11.5 Å². The average Bonchev–Trinajstić information content (AvgIpc) is 3.42. The van der Waals surface area contributed by atoms with Crippen LogP contribution in [-0.2, 0) is 11.3 Å². The van der Waals surface area contributed by atoms with Gasteiger partial charge in [-0.25, -0.2) is 4.98 Å². The van der Waals surface area contributed by atoms with E-state index in [0.717, 1.165) is 40.9 Å². The van der Waals surface area contributed by atoms with E-state index in [4.69, 9.17) is 4.74 Å². The predicted molar refractivity (Wildman–Crippen MR) is 113 cm³/mol. The summed E-state index contributed by atoms with van der Waals surface area (Å²) in [6.07, 6.45) is 2.15. The van der Waals surface area contributed by atoms with Gasteiger partial charge in [0.15, 0.2) is 5.13 Å². The molecule has 0 saturated heterocycles. The Morgan fingerprint density at radius 2 is 1.79 bits per heavy atom. The van der Waals surface area contributed by atoms with Gasteiger partial charge in [0.25, 0.3) is 0 Å². The molecule has 5 nitrogen and oxygen atoms in total. The number of ether oxygens (including phenoxy) is 1. The minimum atomic E-state index is 0.0748. The van der Waals surface area contributed by atoms with E-state index in [-0.39, 0.29) is 5.91 Å². The third-order valence-electron chi connectivity index (χ3n) is 4.65. The van der Waals surface area contributed by atoms with Crippen LogP contribution >= 0.6 is 11.3 Å². The van der Waals surface area contributed by atoms with E-state index in [1.807, 2.05) is 71.9 Å². The first-order valence-electron chi connectivity index (χ1n) is 9.38. The maximum absolute atomic E-state index is 11.9. The molecule has 1 saturated carbocycles. The minimum Gasteiger partial charge on any atom is -0.457 e. The second-order valence-corrected chi connectivity index (χ2v) is 7.84. The summed E-state index contributed by atoms with van der Waals surface area (Å²) in [4.78, 5) is 20.6. The van der Waals surface area contributed by atoms with Crippen LogP contribution < -0.4 is 14.5 Å². The van der Waals surface area contributed by atoms with E-state index in [9.17, 15) is 4.79 Å². The van der Waals surface area contributed by atoms with Crippen molar-refractivity contribution in [2.45, 2.75) is 32.4 Å². The Kier molecular flexibility index (Phi) is 5.30. The van der Waals surface area contributed by atoms with E-state index in [1.54, 1.807) is 18.3 Å². The molecule has 28 heavy (non-hydrogen) atoms. The molecule has 2 aromatic carbocycles. The van der Waals surface area contributed by atoms with Crippen molar-refractivity contribution in [1.82, 2.24) is 4.98 Å². The number of thiazole rings is 1. The van der Waals surface area contributed by atoms with Gasteiger partial charge in [-0.3, -0.25) is 9.69 Å². The topological polar surface area (TPSA) is 45.7 Å². The van der Waals surface area contributed by atoms with Crippen molar-refractivity contribution in [3.05, 3.63) is 65.7 Å². The first-order valence-corrected chi connectivity index (χ1v) is 10.3. The van der Waals surface area contributed by atoms with Crippen molar-refractivity contribution in [2.75, 3.05) is 16.8 Å². The molecule has 144 valence electrons. The second-order valence-electron chi connectivity index (χ2n) is 7.01. The van der Waals surface area contributed by atoms with Gasteiger partial charge in [0, 0.05) is 31.1 Å². The lowest BCUT2D eigenvalue weighted by atomic mass is 10.2. The monoisotopic (exact) mass is 393 g/mol. The molecule has 1 heterocycles. The molecule has 1 amide bonds. The number of hydrogen-bond acceptors (Lipinski definition) is 5. The Labute approximate surface area is 169 Å². The fraction of sp³-hybridized carbons (Fsp3) is 0.273. The number of nitrogens with zero attached hydrogens (tertiary/aromatic N) is 3. The number of aromatic nitrogens is 1. The molecule has 0 bridgehead atoms. The molecule has 0 spiro atoms. The van der Waals surface area contributed by atoms with Gasteiger partial charge in [0.05, 0.1) is 12.2 Å². The summed E-state index contributed by atoms with van der Waals surface area (Å²) in [7, 11) is 2.04.